The number of carbonyl (C=O) groups excluding carboxylic acids is 2. The average Bonchev–Trinajstić information content (AvgIpc) is 3.74. The van der Waals surface area contributed by atoms with E-state index in [-0.39, 0.29) is 28.0 Å². The van der Waals surface area contributed by atoms with Crippen molar-refractivity contribution in [2.75, 3.05) is 22.7 Å². The van der Waals surface area contributed by atoms with Crippen LogP contribution >= 0.6 is 0 Å². The van der Waals surface area contributed by atoms with Crippen molar-refractivity contribution in [1.82, 2.24) is 4.90 Å². The van der Waals surface area contributed by atoms with Gasteiger partial charge in [0.15, 0.2) is 0 Å². The highest BCUT2D eigenvalue weighted by Crippen LogP contribution is 2.59. The zero-order valence-corrected chi connectivity index (χ0v) is 22.8. The maximum absolute atomic E-state index is 14.2. The lowest BCUT2D eigenvalue weighted by atomic mass is 9.68. The van der Waals surface area contributed by atoms with Crippen LogP contribution in [0.5, 0.6) is 0 Å². The molecule has 2 fully saturated rings. The second kappa shape index (κ2) is 9.69. The molecule has 6 rings (SSSR count). The van der Waals surface area contributed by atoms with Gasteiger partial charge in [0.25, 0.3) is 15.9 Å². The van der Waals surface area contributed by atoms with Gasteiger partial charge in [-0.25, -0.2) is 17.2 Å². The maximum atomic E-state index is 14.2. The number of hydrogen-bond acceptors (Lipinski definition) is 4. The van der Waals surface area contributed by atoms with Crippen LogP contribution in [0.2, 0.25) is 0 Å². The number of rotatable bonds is 5. The molecule has 3 aromatic rings. The number of nitrogens with one attached hydrogen (secondary N) is 1. The van der Waals surface area contributed by atoms with Crippen LogP contribution in [0.15, 0.2) is 71.6 Å². The molecule has 2 aliphatic heterocycles. The van der Waals surface area contributed by atoms with Gasteiger partial charge in [0.1, 0.15) is 11.6 Å². The number of nitrogens with zero attached hydrogens (tertiary/aromatic N) is 2. The fourth-order valence-electron chi connectivity index (χ4n) is 6.40. The van der Waals surface area contributed by atoms with Gasteiger partial charge in [0.2, 0.25) is 5.91 Å². The molecule has 1 saturated heterocycles. The topological polar surface area (TPSA) is 86.8 Å². The fourth-order valence-corrected chi connectivity index (χ4v) is 8.20. The van der Waals surface area contributed by atoms with E-state index in [0.29, 0.717) is 31.6 Å². The van der Waals surface area contributed by atoms with Crippen LogP contribution in [0.4, 0.5) is 20.2 Å². The average molecular weight is 566 g/mol. The maximum Gasteiger partial charge on any atom is 0.264 e. The number of amides is 2. The highest BCUT2D eigenvalue weighted by atomic mass is 32.2. The van der Waals surface area contributed by atoms with Crippen molar-refractivity contribution in [2.45, 2.75) is 49.0 Å². The van der Waals surface area contributed by atoms with E-state index in [1.165, 1.54) is 41.6 Å². The minimum Gasteiger partial charge on any atom is -0.343 e. The summed E-state index contributed by atoms with van der Waals surface area (Å²) in [6.07, 6.45) is 2.81. The summed E-state index contributed by atoms with van der Waals surface area (Å²) in [6.45, 7) is 2.46. The zero-order valence-electron chi connectivity index (χ0n) is 21.9. The first-order valence-electron chi connectivity index (χ1n) is 13.4. The first-order chi connectivity index (χ1) is 19.1. The molecule has 1 atom stereocenters. The van der Waals surface area contributed by atoms with E-state index in [1.54, 1.807) is 29.2 Å². The number of sulfonamides is 1. The Hall–Kier alpha value is -3.79. The Kier molecular flexibility index (Phi) is 6.40. The van der Waals surface area contributed by atoms with Gasteiger partial charge in [0.05, 0.1) is 22.3 Å². The molecule has 40 heavy (non-hydrogen) atoms. The van der Waals surface area contributed by atoms with Crippen LogP contribution in [0, 0.1) is 17.6 Å². The van der Waals surface area contributed by atoms with Gasteiger partial charge in [0, 0.05) is 31.0 Å². The lowest BCUT2D eigenvalue weighted by molar-refractivity contribution is -0.130. The molecule has 1 N–H and O–H groups in total. The number of hydrogen-bond donors (Lipinski definition) is 1. The summed E-state index contributed by atoms with van der Waals surface area (Å²) in [5, 5.41) is 2.62. The minimum atomic E-state index is -4.08. The van der Waals surface area contributed by atoms with Gasteiger partial charge in [-0.3, -0.25) is 13.9 Å². The summed E-state index contributed by atoms with van der Waals surface area (Å²) in [6, 6.07) is 15.2. The normalized spacial score (nSPS) is 19.9. The number of likely N-dealkylation sites (tertiary alicyclic amines) is 1. The third-order valence-corrected chi connectivity index (χ3v) is 10.3. The Morgan fingerprint density at radius 2 is 1.62 bits per heavy atom. The Balaban J connectivity index is 1.47. The third kappa shape index (κ3) is 4.34. The first-order valence-corrected chi connectivity index (χ1v) is 14.8. The lowest BCUT2D eigenvalue weighted by Crippen LogP contribution is -2.54. The summed E-state index contributed by atoms with van der Waals surface area (Å²) in [5.41, 5.74) is 0.934. The molecule has 2 amide bonds. The second-order valence-electron chi connectivity index (χ2n) is 10.9. The number of benzene rings is 3. The molecule has 1 saturated carbocycles. The molecule has 1 unspecified atom stereocenters. The van der Waals surface area contributed by atoms with Gasteiger partial charge >= 0.3 is 0 Å². The van der Waals surface area contributed by atoms with E-state index in [9.17, 15) is 26.8 Å². The summed E-state index contributed by atoms with van der Waals surface area (Å²) in [7, 11) is -4.08. The Morgan fingerprint density at radius 3 is 2.25 bits per heavy atom. The van der Waals surface area contributed by atoms with E-state index >= 15 is 0 Å². The van der Waals surface area contributed by atoms with Crippen molar-refractivity contribution in [3.05, 3.63) is 89.5 Å². The van der Waals surface area contributed by atoms with Crippen molar-refractivity contribution in [3.63, 3.8) is 0 Å². The Bertz CT molecular complexity index is 1600. The van der Waals surface area contributed by atoms with Crippen LogP contribution in [-0.4, -0.2) is 44.3 Å². The van der Waals surface area contributed by atoms with Crippen molar-refractivity contribution >= 4 is 33.2 Å². The van der Waals surface area contributed by atoms with Crippen LogP contribution in [0.3, 0.4) is 0 Å². The number of halogens is 2. The third-order valence-electron chi connectivity index (χ3n) is 8.51. The predicted octanol–water partition coefficient (Wildman–Crippen LogP) is 5.08. The molecule has 3 aliphatic rings. The van der Waals surface area contributed by atoms with E-state index in [4.69, 9.17) is 0 Å². The smallest absolute Gasteiger partial charge is 0.264 e. The van der Waals surface area contributed by atoms with E-state index < -0.39 is 39.0 Å². The summed E-state index contributed by atoms with van der Waals surface area (Å²) in [4.78, 5) is 27.2. The molecule has 0 bridgehead atoms. The molecular formula is C30H29F2N3O4S. The highest BCUT2D eigenvalue weighted by molar-refractivity contribution is 7.92. The van der Waals surface area contributed by atoms with Crippen LogP contribution in [0.1, 0.15) is 48.5 Å². The number of anilines is 2. The zero-order chi connectivity index (χ0) is 28.2. The molecule has 1 aliphatic carbocycles. The number of piperidine rings is 1. The van der Waals surface area contributed by atoms with Crippen molar-refractivity contribution in [2.24, 2.45) is 5.92 Å². The number of para-hydroxylation sites is 1. The fraction of sp³-hybridized carbons (Fsp3) is 0.333. The highest BCUT2D eigenvalue weighted by Gasteiger charge is 2.60. The SMILES string of the molecule is CC(=O)N1CCC2(CC1)c1cc(C(=O)Nc3ccccc3F)ccc1N(S(=O)(=O)c1ccc(F)cc1)C2C1CC1. The van der Waals surface area contributed by atoms with Crippen molar-refractivity contribution in [3.8, 4) is 0 Å². The quantitative estimate of drug-likeness (QED) is 0.467. The van der Waals surface area contributed by atoms with Gasteiger partial charge < -0.3 is 10.2 Å². The van der Waals surface area contributed by atoms with Crippen molar-refractivity contribution in [1.29, 1.82) is 0 Å². The lowest BCUT2D eigenvalue weighted by Gasteiger charge is -2.45. The summed E-state index contributed by atoms with van der Waals surface area (Å²) < 4.78 is 57.7. The molecule has 0 aromatic heterocycles. The Labute approximate surface area is 231 Å². The van der Waals surface area contributed by atoms with E-state index in [1.807, 2.05) is 0 Å². The molecule has 3 aromatic carbocycles. The summed E-state index contributed by atoms with van der Waals surface area (Å²) in [5.74, 6) is -1.52. The molecule has 208 valence electrons. The van der Waals surface area contributed by atoms with Gasteiger partial charge in [-0.1, -0.05) is 12.1 Å². The van der Waals surface area contributed by atoms with E-state index in [0.717, 1.165) is 30.5 Å². The number of carbonyl (C=O) groups is 2. The molecule has 10 heteroatoms. The monoisotopic (exact) mass is 565 g/mol. The molecule has 0 radical (unpaired) electrons. The van der Waals surface area contributed by atoms with Crippen LogP contribution in [0.25, 0.3) is 0 Å². The molecular weight excluding hydrogens is 536 g/mol. The predicted molar refractivity (Wildman–Crippen MR) is 147 cm³/mol. The van der Waals surface area contributed by atoms with Gasteiger partial charge in [-0.05, 0) is 91.8 Å². The molecule has 2 heterocycles. The second-order valence-corrected chi connectivity index (χ2v) is 12.7. The largest absolute Gasteiger partial charge is 0.343 e. The van der Waals surface area contributed by atoms with Crippen molar-refractivity contribution < 1.29 is 26.8 Å². The first kappa shape index (κ1) is 26.4. The minimum absolute atomic E-state index is 0.00917. The standard InChI is InChI=1S/C30H29F2N3O4S/c1-19(36)34-16-14-30(15-17-34)24-18-21(29(37)33-26-5-3-2-4-25(26)32)8-13-27(24)35(28(30)20-6-7-20)40(38,39)23-11-9-22(31)10-12-23/h2-5,8-13,18,20,28H,6-7,14-17H2,1H3,(H,33,37). The molecule has 7 nitrogen and oxygen atoms in total. The van der Waals surface area contributed by atoms with Crippen LogP contribution in [-0.2, 0) is 20.2 Å². The van der Waals surface area contributed by atoms with Gasteiger partial charge in [-0.2, -0.15) is 0 Å². The summed E-state index contributed by atoms with van der Waals surface area (Å²) >= 11 is 0. The van der Waals surface area contributed by atoms with Gasteiger partial charge in [-0.15, -0.1) is 0 Å². The van der Waals surface area contributed by atoms with E-state index in [2.05, 4.69) is 5.32 Å². The number of fused-ring (bicyclic) bond motifs is 2. The molecule has 1 spiro atoms. The van der Waals surface area contributed by atoms with Crippen LogP contribution < -0.4 is 9.62 Å². The Morgan fingerprint density at radius 1 is 0.950 bits per heavy atom.